The summed E-state index contributed by atoms with van der Waals surface area (Å²) in [7, 11) is 0. The molecule has 4 nitrogen and oxygen atoms in total. The molecule has 2 heterocycles. The molecule has 0 aliphatic carbocycles. The van der Waals surface area contributed by atoms with Crippen LogP contribution in [0, 0.1) is 0 Å². The zero-order valence-corrected chi connectivity index (χ0v) is 12.6. The third-order valence-corrected chi connectivity index (χ3v) is 3.65. The summed E-state index contributed by atoms with van der Waals surface area (Å²) in [6.07, 6.45) is 4.59. The van der Waals surface area contributed by atoms with Crippen molar-refractivity contribution in [1.82, 2.24) is 14.8 Å². The number of rotatable bonds is 5. The van der Waals surface area contributed by atoms with E-state index in [0.717, 1.165) is 36.1 Å². The van der Waals surface area contributed by atoms with Gasteiger partial charge < -0.3 is 5.11 Å². The molecular weight excluding hydrogens is 274 g/mol. The van der Waals surface area contributed by atoms with Crippen LogP contribution in [-0.2, 0) is 6.42 Å². The predicted molar refractivity (Wildman–Crippen MR) is 87.1 cm³/mol. The van der Waals surface area contributed by atoms with Crippen LogP contribution in [-0.4, -0.2) is 19.9 Å². The lowest BCUT2D eigenvalue weighted by Crippen LogP contribution is -1.98. The SMILES string of the molecule is CCCCc1c(-c2ccccc2)nn(-c2ccccn2)c1O. The number of pyridine rings is 1. The van der Waals surface area contributed by atoms with E-state index in [0.29, 0.717) is 5.82 Å². The van der Waals surface area contributed by atoms with Crippen LogP contribution in [0.1, 0.15) is 25.3 Å². The van der Waals surface area contributed by atoms with Gasteiger partial charge in [0.1, 0.15) is 0 Å². The second kappa shape index (κ2) is 6.43. The number of aromatic hydroxyl groups is 1. The molecule has 0 bridgehead atoms. The van der Waals surface area contributed by atoms with Gasteiger partial charge in [-0.05, 0) is 25.0 Å². The summed E-state index contributed by atoms with van der Waals surface area (Å²) in [5.74, 6) is 0.811. The Hall–Kier alpha value is -2.62. The first-order valence-electron chi connectivity index (χ1n) is 7.59. The van der Waals surface area contributed by atoms with E-state index in [1.54, 1.807) is 6.20 Å². The summed E-state index contributed by atoms with van der Waals surface area (Å²) in [5.41, 5.74) is 2.73. The van der Waals surface area contributed by atoms with Crippen LogP contribution < -0.4 is 0 Å². The van der Waals surface area contributed by atoms with E-state index >= 15 is 0 Å². The van der Waals surface area contributed by atoms with Crippen molar-refractivity contribution in [2.45, 2.75) is 26.2 Å². The molecule has 0 unspecified atom stereocenters. The first-order chi connectivity index (χ1) is 10.8. The molecule has 22 heavy (non-hydrogen) atoms. The molecule has 0 saturated carbocycles. The average molecular weight is 293 g/mol. The molecule has 0 spiro atoms. The van der Waals surface area contributed by atoms with Gasteiger partial charge >= 0.3 is 0 Å². The number of benzene rings is 1. The third kappa shape index (κ3) is 2.72. The molecule has 0 atom stereocenters. The van der Waals surface area contributed by atoms with Gasteiger partial charge in [0.05, 0.1) is 5.69 Å². The number of unbranched alkanes of at least 4 members (excludes halogenated alkanes) is 1. The number of hydrogen-bond acceptors (Lipinski definition) is 3. The maximum atomic E-state index is 10.6. The highest BCUT2D eigenvalue weighted by atomic mass is 16.3. The second-order valence-corrected chi connectivity index (χ2v) is 5.22. The zero-order chi connectivity index (χ0) is 15.4. The highest BCUT2D eigenvalue weighted by Crippen LogP contribution is 2.32. The molecule has 0 fully saturated rings. The predicted octanol–water partition coefficient (Wildman–Crippen LogP) is 3.98. The lowest BCUT2D eigenvalue weighted by Gasteiger charge is -2.02. The van der Waals surface area contributed by atoms with Gasteiger partial charge in [-0.2, -0.15) is 9.78 Å². The third-order valence-electron chi connectivity index (χ3n) is 3.65. The molecule has 3 rings (SSSR count). The fraction of sp³-hybridized carbons (Fsp3) is 0.222. The summed E-state index contributed by atoms with van der Waals surface area (Å²) < 4.78 is 1.52. The Morgan fingerprint density at radius 1 is 1.05 bits per heavy atom. The quantitative estimate of drug-likeness (QED) is 0.774. The van der Waals surface area contributed by atoms with Crippen LogP contribution >= 0.6 is 0 Å². The van der Waals surface area contributed by atoms with Gasteiger partial charge in [-0.15, -0.1) is 0 Å². The summed E-state index contributed by atoms with van der Waals surface area (Å²) in [4.78, 5) is 4.28. The molecule has 0 aliphatic heterocycles. The van der Waals surface area contributed by atoms with E-state index < -0.39 is 0 Å². The molecule has 4 heteroatoms. The number of hydrogen-bond donors (Lipinski definition) is 1. The maximum absolute atomic E-state index is 10.6. The second-order valence-electron chi connectivity index (χ2n) is 5.22. The lowest BCUT2D eigenvalue weighted by molar-refractivity contribution is 0.425. The highest BCUT2D eigenvalue weighted by Gasteiger charge is 2.19. The summed E-state index contributed by atoms with van der Waals surface area (Å²) in [5, 5.41) is 15.2. The van der Waals surface area contributed by atoms with Crippen LogP contribution in [0.2, 0.25) is 0 Å². The van der Waals surface area contributed by atoms with E-state index in [1.165, 1.54) is 4.68 Å². The normalized spacial score (nSPS) is 10.8. The Morgan fingerprint density at radius 3 is 2.50 bits per heavy atom. The van der Waals surface area contributed by atoms with E-state index in [-0.39, 0.29) is 5.88 Å². The van der Waals surface area contributed by atoms with Crippen molar-refractivity contribution in [3.63, 3.8) is 0 Å². The van der Waals surface area contributed by atoms with Crippen molar-refractivity contribution >= 4 is 0 Å². The summed E-state index contributed by atoms with van der Waals surface area (Å²) >= 11 is 0. The highest BCUT2D eigenvalue weighted by molar-refractivity contribution is 5.66. The van der Waals surface area contributed by atoms with Gasteiger partial charge in [0.15, 0.2) is 5.82 Å². The zero-order valence-electron chi connectivity index (χ0n) is 12.6. The van der Waals surface area contributed by atoms with E-state index in [4.69, 9.17) is 0 Å². The van der Waals surface area contributed by atoms with Crippen molar-refractivity contribution in [3.05, 3.63) is 60.3 Å². The van der Waals surface area contributed by atoms with Crippen molar-refractivity contribution in [2.75, 3.05) is 0 Å². The molecule has 0 radical (unpaired) electrons. The van der Waals surface area contributed by atoms with Crippen molar-refractivity contribution in [3.8, 4) is 23.0 Å². The largest absolute Gasteiger partial charge is 0.493 e. The standard InChI is InChI=1S/C18H19N3O/c1-2-3-11-15-17(14-9-5-4-6-10-14)20-21(18(15)22)16-12-7-8-13-19-16/h4-10,12-13,22H,2-3,11H2,1H3. The molecule has 0 saturated heterocycles. The van der Waals surface area contributed by atoms with Gasteiger partial charge in [0.2, 0.25) is 5.88 Å². The van der Waals surface area contributed by atoms with Crippen molar-refractivity contribution < 1.29 is 5.11 Å². The summed E-state index contributed by atoms with van der Waals surface area (Å²) in [6, 6.07) is 15.5. The number of aromatic nitrogens is 3. The summed E-state index contributed by atoms with van der Waals surface area (Å²) in [6.45, 7) is 2.14. The van der Waals surface area contributed by atoms with Gasteiger partial charge in [-0.25, -0.2) is 4.98 Å². The monoisotopic (exact) mass is 293 g/mol. The smallest absolute Gasteiger partial charge is 0.219 e. The molecule has 112 valence electrons. The topological polar surface area (TPSA) is 50.9 Å². The molecule has 1 N–H and O–H groups in total. The van der Waals surface area contributed by atoms with Gasteiger partial charge in [-0.3, -0.25) is 0 Å². The van der Waals surface area contributed by atoms with E-state index in [9.17, 15) is 5.11 Å². The fourth-order valence-electron chi connectivity index (χ4n) is 2.49. The van der Waals surface area contributed by atoms with Gasteiger partial charge in [0, 0.05) is 17.3 Å². The fourth-order valence-corrected chi connectivity index (χ4v) is 2.49. The molecule has 2 aromatic heterocycles. The molecule has 0 amide bonds. The first-order valence-corrected chi connectivity index (χ1v) is 7.59. The van der Waals surface area contributed by atoms with Crippen LogP contribution in [0.15, 0.2) is 54.7 Å². The van der Waals surface area contributed by atoms with Crippen LogP contribution in [0.4, 0.5) is 0 Å². The Balaban J connectivity index is 2.12. The Bertz CT molecular complexity index is 736. The van der Waals surface area contributed by atoms with Crippen LogP contribution in [0.3, 0.4) is 0 Å². The minimum absolute atomic E-state index is 0.186. The average Bonchev–Trinajstić information content (AvgIpc) is 2.91. The van der Waals surface area contributed by atoms with Gasteiger partial charge in [-0.1, -0.05) is 49.7 Å². The van der Waals surface area contributed by atoms with Gasteiger partial charge in [0.25, 0.3) is 0 Å². The molecule has 1 aromatic carbocycles. The van der Waals surface area contributed by atoms with Crippen LogP contribution in [0.5, 0.6) is 5.88 Å². The molecule has 0 aliphatic rings. The van der Waals surface area contributed by atoms with Crippen LogP contribution in [0.25, 0.3) is 17.1 Å². The lowest BCUT2D eigenvalue weighted by atomic mass is 10.0. The Morgan fingerprint density at radius 2 is 1.82 bits per heavy atom. The minimum atomic E-state index is 0.186. The Labute approximate surface area is 130 Å². The Kier molecular flexibility index (Phi) is 4.19. The minimum Gasteiger partial charge on any atom is -0.493 e. The van der Waals surface area contributed by atoms with Crippen molar-refractivity contribution in [1.29, 1.82) is 0 Å². The van der Waals surface area contributed by atoms with Crippen molar-refractivity contribution in [2.24, 2.45) is 0 Å². The van der Waals surface area contributed by atoms with E-state index in [1.807, 2.05) is 48.5 Å². The van der Waals surface area contributed by atoms with E-state index in [2.05, 4.69) is 17.0 Å². The number of nitrogens with zero attached hydrogens (tertiary/aromatic N) is 3. The molecule has 3 aromatic rings. The first kappa shape index (κ1) is 14.3. The molecular formula is C18H19N3O. The maximum Gasteiger partial charge on any atom is 0.219 e.